The van der Waals surface area contributed by atoms with E-state index in [1.54, 1.807) is 0 Å². The first-order valence-electron chi connectivity index (χ1n) is 7.80. The fourth-order valence-electron chi connectivity index (χ4n) is 3.56. The molecule has 2 rings (SSSR count). The molecule has 3 heteroatoms. The lowest BCUT2D eigenvalue weighted by atomic mass is 9.71. The molecule has 1 aliphatic heterocycles. The van der Waals surface area contributed by atoms with Crippen LogP contribution in [-0.4, -0.2) is 42.5 Å². The molecule has 2 aliphatic rings. The molecule has 0 aromatic heterocycles. The van der Waals surface area contributed by atoms with E-state index in [2.05, 4.69) is 32.6 Å². The van der Waals surface area contributed by atoms with Gasteiger partial charge in [0.25, 0.3) is 0 Å². The lowest BCUT2D eigenvalue weighted by Crippen LogP contribution is -2.56. The first-order chi connectivity index (χ1) is 8.93. The number of ketones is 1. The van der Waals surface area contributed by atoms with Crippen molar-refractivity contribution in [2.45, 2.75) is 52.5 Å². The van der Waals surface area contributed by atoms with Crippen LogP contribution in [0.5, 0.6) is 0 Å². The summed E-state index contributed by atoms with van der Waals surface area (Å²) in [6.07, 6.45) is 3.36. The fraction of sp³-hybridized carbons (Fsp3) is 0.938. The maximum absolute atomic E-state index is 12.9. The van der Waals surface area contributed by atoms with Gasteiger partial charge in [-0.1, -0.05) is 13.8 Å². The highest BCUT2D eigenvalue weighted by Gasteiger charge is 2.41. The molecule has 0 bridgehead atoms. The van der Waals surface area contributed by atoms with Crippen LogP contribution in [0.2, 0.25) is 0 Å². The minimum absolute atomic E-state index is 0.268. The Balaban J connectivity index is 2.01. The van der Waals surface area contributed by atoms with Crippen LogP contribution >= 0.6 is 0 Å². The van der Waals surface area contributed by atoms with Gasteiger partial charge in [0.1, 0.15) is 0 Å². The number of rotatable bonds is 3. The average Bonchev–Trinajstić information content (AvgIpc) is 2.42. The lowest BCUT2D eigenvalue weighted by molar-refractivity contribution is -0.138. The van der Waals surface area contributed by atoms with Crippen molar-refractivity contribution in [3.63, 3.8) is 0 Å². The van der Waals surface area contributed by atoms with E-state index in [1.807, 2.05) is 0 Å². The van der Waals surface area contributed by atoms with Crippen molar-refractivity contribution < 1.29 is 9.53 Å². The number of hydrogen-bond donors (Lipinski definition) is 0. The van der Waals surface area contributed by atoms with Crippen molar-refractivity contribution >= 4 is 5.78 Å². The Hall–Kier alpha value is -0.410. The van der Waals surface area contributed by atoms with E-state index in [9.17, 15) is 4.79 Å². The van der Waals surface area contributed by atoms with Crippen LogP contribution < -0.4 is 0 Å². The summed E-state index contributed by atoms with van der Waals surface area (Å²) in [4.78, 5) is 15.2. The molecule has 0 radical (unpaired) electrons. The largest absolute Gasteiger partial charge is 0.379 e. The van der Waals surface area contributed by atoms with Crippen LogP contribution in [0.15, 0.2) is 0 Å². The van der Waals surface area contributed by atoms with E-state index in [1.165, 1.54) is 6.42 Å². The van der Waals surface area contributed by atoms with Crippen molar-refractivity contribution in [1.82, 2.24) is 4.90 Å². The number of carbonyl (C=O) groups is 1. The van der Waals surface area contributed by atoms with Crippen LogP contribution in [0.4, 0.5) is 0 Å². The summed E-state index contributed by atoms with van der Waals surface area (Å²) in [7, 11) is 0. The average molecular weight is 267 g/mol. The first kappa shape index (κ1) is 15.0. The van der Waals surface area contributed by atoms with Crippen LogP contribution in [0.3, 0.4) is 0 Å². The van der Waals surface area contributed by atoms with Gasteiger partial charge in [-0.2, -0.15) is 0 Å². The smallest absolute Gasteiger partial charge is 0.155 e. The van der Waals surface area contributed by atoms with E-state index in [4.69, 9.17) is 4.74 Å². The molecule has 3 nitrogen and oxygen atoms in total. The zero-order chi connectivity index (χ0) is 14.0. The third kappa shape index (κ3) is 3.19. The SMILES string of the molecule is CC1CCC(C(=O)C(C)(C)N2CCOCC2)CC1C. The predicted molar refractivity (Wildman–Crippen MR) is 77.1 cm³/mol. The molecular weight excluding hydrogens is 238 g/mol. The molecule has 0 aromatic carbocycles. The Labute approximate surface area is 117 Å². The van der Waals surface area contributed by atoms with Crippen LogP contribution in [0.1, 0.15) is 47.0 Å². The maximum atomic E-state index is 12.9. The number of morpholine rings is 1. The Morgan fingerprint density at radius 1 is 1.11 bits per heavy atom. The van der Waals surface area contributed by atoms with Gasteiger partial charge in [0.05, 0.1) is 18.8 Å². The summed E-state index contributed by atoms with van der Waals surface area (Å²) < 4.78 is 5.40. The monoisotopic (exact) mass is 267 g/mol. The van der Waals surface area contributed by atoms with Crippen molar-refractivity contribution in [3.05, 3.63) is 0 Å². The zero-order valence-electron chi connectivity index (χ0n) is 12.9. The Kier molecular flexibility index (Phi) is 4.67. The van der Waals surface area contributed by atoms with Crippen LogP contribution in [-0.2, 0) is 9.53 Å². The zero-order valence-corrected chi connectivity index (χ0v) is 12.9. The quantitative estimate of drug-likeness (QED) is 0.787. The van der Waals surface area contributed by atoms with Crippen molar-refractivity contribution in [2.24, 2.45) is 17.8 Å². The highest BCUT2D eigenvalue weighted by molar-refractivity contribution is 5.89. The standard InChI is InChI=1S/C16H29NO2/c1-12-5-6-14(11-13(12)2)15(18)16(3,4)17-7-9-19-10-8-17/h12-14H,5-11H2,1-4H3. The van der Waals surface area contributed by atoms with Crippen molar-refractivity contribution in [1.29, 1.82) is 0 Å². The molecule has 3 unspecified atom stereocenters. The van der Waals surface area contributed by atoms with Gasteiger partial charge in [-0.05, 0) is 44.9 Å². The number of nitrogens with zero attached hydrogens (tertiary/aromatic N) is 1. The summed E-state index contributed by atoms with van der Waals surface area (Å²) in [6.45, 7) is 12.1. The second-order valence-electron chi connectivity index (χ2n) is 6.99. The van der Waals surface area contributed by atoms with Crippen LogP contribution in [0.25, 0.3) is 0 Å². The van der Waals surface area contributed by atoms with Gasteiger partial charge in [0, 0.05) is 19.0 Å². The Bertz CT molecular complexity index is 321. The minimum atomic E-state index is -0.325. The highest BCUT2D eigenvalue weighted by atomic mass is 16.5. The molecular formula is C16H29NO2. The molecule has 1 aliphatic carbocycles. The molecule has 1 saturated heterocycles. The van der Waals surface area contributed by atoms with E-state index in [0.717, 1.165) is 45.1 Å². The van der Waals surface area contributed by atoms with E-state index < -0.39 is 0 Å². The second kappa shape index (κ2) is 5.92. The third-order valence-electron chi connectivity index (χ3n) is 5.37. The normalized spacial score (nSPS) is 34.2. The van der Waals surface area contributed by atoms with Crippen molar-refractivity contribution in [2.75, 3.05) is 26.3 Å². The lowest BCUT2D eigenvalue weighted by Gasteiger charge is -2.43. The third-order valence-corrected chi connectivity index (χ3v) is 5.37. The summed E-state index contributed by atoms with van der Waals surface area (Å²) in [5, 5.41) is 0. The summed E-state index contributed by atoms with van der Waals surface area (Å²) in [5.74, 6) is 2.18. The van der Waals surface area contributed by atoms with Gasteiger partial charge in [-0.25, -0.2) is 0 Å². The molecule has 0 spiro atoms. The summed E-state index contributed by atoms with van der Waals surface area (Å²) in [6, 6.07) is 0. The van der Waals surface area contributed by atoms with Crippen molar-refractivity contribution in [3.8, 4) is 0 Å². The summed E-state index contributed by atoms with van der Waals surface area (Å²) >= 11 is 0. The molecule has 0 amide bonds. The molecule has 1 heterocycles. The van der Waals surface area contributed by atoms with E-state index in [-0.39, 0.29) is 11.5 Å². The van der Waals surface area contributed by atoms with Gasteiger partial charge >= 0.3 is 0 Å². The molecule has 0 aromatic rings. The van der Waals surface area contributed by atoms with E-state index in [0.29, 0.717) is 11.7 Å². The van der Waals surface area contributed by atoms with Gasteiger partial charge in [-0.15, -0.1) is 0 Å². The topological polar surface area (TPSA) is 29.5 Å². The molecule has 0 N–H and O–H groups in total. The number of hydrogen-bond acceptors (Lipinski definition) is 3. The molecule has 3 atom stereocenters. The van der Waals surface area contributed by atoms with E-state index >= 15 is 0 Å². The number of carbonyl (C=O) groups excluding carboxylic acids is 1. The van der Waals surface area contributed by atoms with Gasteiger partial charge in [0.15, 0.2) is 5.78 Å². The number of Topliss-reactive ketones (excluding diaryl/α,β-unsaturated/α-hetero) is 1. The van der Waals surface area contributed by atoms with Gasteiger partial charge in [-0.3, -0.25) is 9.69 Å². The predicted octanol–water partition coefficient (Wildman–Crippen LogP) is 2.74. The molecule has 1 saturated carbocycles. The fourth-order valence-corrected chi connectivity index (χ4v) is 3.56. The first-order valence-corrected chi connectivity index (χ1v) is 7.80. The molecule has 110 valence electrons. The Morgan fingerprint density at radius 2 is 1.74 bits per heavy atom. The Morgan fingerprint density at radius 3 is 2.32 bits per heavy atom. The van der Waals surface area contributed by atoms with Gasteiger partial charge < -0.3 is 4.74 Å². The molecule has 2 fully saturated rings. The second-order valence-corrected chi connectivity index (χ2v) is 6.99. The minimum Gasteiger partial charge on any atom is -0.379 e. The number of ether oxygens (including phenoxy) is 1. The van der Waals surface area contributed by atoms with Crippen LogP contribution in [0, 0.1) is 17.8 Å². The highest BCUT2D eigenvalue weighted by Crippen LogP contribution is 2.36. The molecule has 19 heavy (non-hydrogen) atoms. The summed E-state index contributed by atoms with van der Waals surface area (Å²) in [5.41, 5.74) is -0.325. The van der Waals surface area contributed by atoms with Gasteiger partial charge in [0.2, 0.25) is 0 Å². The maximum Gasteiger partial charge on any atom is 0.155 e.